The summed E-state index contributed by atoms with van der Waals surface area (Å²) in [5.41, 5.74) is 3.04. The predicted molar refractivity (Wildman–Crippen MR) is 189 cm³/mol. The minimum atomic E-state index is -0.583. The number of imidazole rings is 1. The zero-order valence-electron chi connectivity index (χ0n) is 29.1. The van der Waals surface area contributed by atoms with Crippen LogP contribution >= 0.6 is 0 Å². The van der Waals surface area contributed by atoms with Crippen LogP contribution in [0.25, 0.3) is 11.3 Å². The van der Waals surface area contributed by atoms with E-state index in [1.165, 1.54) is 58.0 Å². The molecule has 0 radical (unpaired) electrons. The second-order valence-electron chi connectivity index (χ2n) is 15.7. The number of carbonyl (C=O) groups is 2. The van der Waals surface area contributed by atoms with E-state index in [-0.39, 0.29) is 24.1 Å². The minimum absolute atomic E-state index is 0.0578. The molecule has 0 unspecified atom stereocenters. The van der Waals surface area contributed by atoms with E-state index in [9.17, 15) is 9.59 Å². The molecule has 1 aliphatic heterocycles. The Morgan fingerprint density at radius 1 is 0.854 bits per heavy atom. The highest BCUT2D eigenvalue weighted by Crippen LogP contribution is 2.41. The van der Waals surface area contributed by atoms with Gasteiger partial charge in [-0.15, -0.1) is 0 Å². The van der Waals surface area contributed by atoms with E-state index in [2.05, 4.69) is 45.9 Å². The Morgan fingerprint density at radius 3 is 2.15 bits per heavy atom. The smallest absolute Gasteiger partial charge is 0.410 e. The number of ether oxygens (including phenoxy) is 1. The van der Waals surface area contributed by atoms with Gasteiger partial charge in [-0.25, -0.2) is 9.78 Å². The molecule has 48 heavy (non-hydrogen) atoms. The van der Waals surface area contributed by atoms with Crippen LogP contribution in [0.2, 0.25) is 0 Å². The van der Waals surface area contributed by atoms with Crippen molar-refractivity contribution < 1.29 is 14.3 Å². The molecule has 2 amide bonds. The average molecular weight is 652 g/mol. The number of hydrogen-bond acceptors (Lipinski definition) is 5. The largest absolute Gasteiger partial charge is 0.444 e. The molecular formula is C40H53N5O3. The molecule has 7 rings (SSSR count). The van der Waals surface area contributed by atoms with Crippen molar-refractivity contribution in [2.24, 2.45) is 11.8 Å². The van der Waals surface area contributed by atoms with Gasteiger partial charge in [0.2, 0.25) is 0 Å². The molecule has 256 valence electrons. The van der Waals surface area contributed by atoms with Crippen LogP contribution in [0.15, 0.2) is 67.0 Å². The molecule has 1 saturated heterocycles. The number of hydrogen-bond donors (Lipinski definition) is 0. The summed E-state index contributed by atoms with van der Waals surface area (Å²) in [6.07, 6.45) is 12.5. The summed E-state index contributed by atoms with van der Waals surface area (Å²) < 4.78 is 8.13. The number of rotatable bonds is 10. The van der Waals surface area contributed by atoms with Crippen molar-refractivity contribution in [1.82, 2.24) is 24.3 Å². The summed E-state index contributed by atoms with van der Waals surface area (Å²) in [6.45, 7) is 9.36. The fourth-order valence-corrected chi connectivity index (χ4v) is 7.91. The molecule has 0 spiro atoms. The maximum absolute atomic E-state index is 14.8. The molecule has 3 atom stereocenters. The molecule has 8 nitrogen and oxygen atoms in total. The van der Waals surface area contributed by atoms with Gasteiger partial charge in [-0.2, -0.15) is 0 Å². The quantitative estimate of drug-likeness (QED) is 0.228. The van der Waals surface area contributed by atoms with Crippen LogP contribution in [0.3, 0.4) is 0 Å². The van der Waals surface area contributed by atoms with Crippen LogP contribution in [0.4, 0.5) is 4.79 Å². The van der Waals surface area contributed by atoms with E-state index >= 15 is 0 Å². The Labute approximate surface area is 286 Å². The molecule has 8 heteroatoms. The Morgan fingerprint density at radius 2 is 1.50 bits per heavy atom. The summed E-state index contributed by atoms with van der Waals surface area (Å²) in [7, 11) is 0. The maximum atomic E-state index is 14.8. The Balaban J connectivity index is 1.21. The highest BCUT2D eigenvalue weighted by atomic mass is 16.6. The van der Waals surface area contributed by atoms with E-state index in [0.29, 0.717) is 37.8 Å². The summed E-state index contributed by atoms with van der Waals surface area (Å²) >= 11 is 0. The van der Waals surface area contributed by atoms with Crippen molar-refractivity contribution in [1.29, 1.82) is 0 Å². The van der Waals surface area contributed by atoms with Crippen molar-refractivity contribution in [3.63, 3.8) is 0 Å². The highest BCUT2D eigenvalue weighted by molar-refractivity contribution is 5.98. The lowest BCUT2D eigenvalue weighted by atomic mass is 9.88. The molecule has 2 heterocycles. The molecule has 0 N–H and O–H groups in total. The van der Waals surface area contributed by atoms with Crippen LogP contribution in [0.1, 0.15) is 94.2 Å². The zero-order valence-corrected chi connectivity index (χ0v) is 29.1. The van der Waals surface area contributed by atoms with Gasteiger partial charge in [0.05, 0.1) is 24.1 Å². The van der Waals surface area contributed by atoms with Gasteiger partial charge in [-0.1, -0.05) is 73.5 Å². The molecule has 3 aromatic rings. The number of amides is 2. The lowest BCUT2D eigenvalue weighted by Gasteiger charge is -2.42. The van der Waals surface area contributed by atoms with E-state index < -0.39 is 5.60 Å². The third-order valence-corrected chi connectivity index (χ3v) is 10.7. The van der Waals surface area contributed by atoms with Crippen molar-refractivity contribution in [2.45, 2.75) is 102 Å². The van der Waals surface area contributed by atoms with E-state index in [1.807, 2.05) is 56.3 Å². The molecular weight excluding hydrogens is 598 g/mol. The first kappa shape index (κ1) is 32.9. The third-order valence-electron chi connectivity index (χ3n) is 10.7. The second-order valence-corrected chi connectivity index (χ2v) is 15.7. The molecule has 4 aliphatic rings. The number of aromatic nitrogens is 2. The lowest BCUT2D eigenvalue weighted by molar-refractivity contribution is 0.00428. The molecule has 0 bridgehead atoms. The third kappa shape index (κ3) is 7.80. The van der Waals surface area contributed by atoms with Gasteiger partial charge in [-0.3, -0.25) is 9.69 Å². The zero-order chi connectivity index (χ0) is 33.3. The molecule has 3 aliphatic carbocycles. The molecule has 3 saturated carbocycles. The van der Waals surface area contributed by atoms with Crippen molar-refractivity contribution in [3.8, 4) is 11.3 Å². The van der Waals surface area contributed by atoms with Gasteiger partial charge in [-0.05, 0) is 83.1 Å². The van der Waals surface area contributed by atoms with E-state index in [4.69, 9.17) is 9.72 Å². The minimum Gasteiger partial charge on any atom is -0.444 e. The standard InChI is InChI=1S/C40H53N5O3/c1-40(2,3)48-39(47)42-22-23-44(33(27-42)24-29-12-6-4-7-13-29)38(46)36-37(32-14-8-5-9-15-32)45(28-41-36)35-17-11-10-16-34(35)43(25-30-18-19-30)26-31-20-21-31/h4-9,12-15,28,30-31,33-35H,10-11,16-27H2,1-3H3/t33-,34-,35+/m1/s1. The topological polar surface area (TPSA) is 70.9 Å². The number of benzene rings is 2. The fourth-order valence-electron chi connectivity index (χ4n) is 7.91. The summed E-state index contributed by atoms with van der Waals surface area (Å²) in [5, 5.41) is 0. The summed E-state index contributed by atoms with van der Waals surface area (Å²) in [6, 6.07) is 21.2. The average Bonchev–Trinajstić information content (AvgIpc) is 4.03. The van der Waals surface area contributed by atoms with Crippen LogP contribution in [0.5, 0.6) is 0 Å². The number of carbonyl (C=O) groups excluding carboxylic acids is 2. The Hall–Kier alpha value is -3.65. The fraction of sp³-hybridized carbons (Fsp3) is 0.575. The highest BCUT2D eigenvalue weighted by Gasteiger charge is 2.40. The van der Waals surface area contributed by atoms with Gasteiger partial charge in [0, 0.05) is 44.3 Å². The number of piperazine rings is 1. The SMILES string of the molecule is CC(C)(C)OC(=O)N1CCN(C(=O)c2ncn([C@H]3CCCC[C@H]3N(CC3CC3)CC3CC3)c2-c2ccccc2)[C@H](Cc2ccccc2)C1. The Bertz CT molecular complexity index is 1530. The van der Waals surface area contributed by atoms with Crippen LogP contribution in [-0.2, 0) is 11.2 Å². The van der Waals surface area contributed by atoms with Crippen molar-refractivity contribution in [2.75, 3.05) is 32.7 Å². The second kappa shape index (κ2) is 14.1. The van der Waals surface area contributed by atoms with Crippen molar-refractivity contribution in [3.05, 3.63) is 78.2 Å². The number of nitrogens with zero attached hydrogens (tertiary/aromatic N) is 5. The molecule has 2 aromatic carbocycles. The van der Waals surface area contributed by atoms with Crippen molar-refractivity contribution >= 4 is 12.0 Å². The normalized spacial score (nSPS) is 23.4. The van der Waals surface area contributed by atoms with Crippen LogP contribution in [-0.4, -0.2) is 86.7 Å². The summed E-state index contributed by atoms with van der Waals surface area (Å²) in [4.78, 5) is 39.6. The first-order valence-electron chi connectivity index (χ1n) is 18.4. The van der Waals surface area contributed by atoms with Crippen LogP contribution < -0.4 is 0 Å². The van der Waals surface area contributed by atoms with Crippen LogP contribution in [0, 0.1) is 11.8 Å². The van der Waals surface area contributed by atoms with E-state index in [0.717, 1.165) is 35.1 Å². The van der Waals surface area contributed by atoms with Gasteiger partial charge >= 0.3 is 6.09 Å². The lowest BCUT2D eigenvalue weighted by Crippen LogP contribution is -2.58. The summed E-state index contributed by atoms with van der Waals surface area (Å²) in [5.74, 6) is 1.64. The Kier molecular flexibility index (Phi) is 9.63. The molecule has 4 fully saturated rings. The van der Waals surface area contributed by atoms with Gasteiger partial charge in [0.1, 0.15) is 5.60 Å². The monoisotopic (exact) mass is 651 g/mol. The van der Waals surface area contributed by atoms with Gasteiger partial charge in [0.15, 0.2) is 5.69 Å². The predicted octanol–water partition coefficient (Wildman–Crippen LogP) is 7.46. The maximum Gasteiger partial charge on any atom is 0.410 e. The van der Waals surface area contributed by atoms with E-state index in [1.54, 1.807) is 4.90 Å². The van der Waals surface area contributed by atoms with Gasteiger partial charge < -0.3 is 19.1 Å². The van der Waals surface area contributed by atoms with Gasteiger partial charge in [0.25, 0.3) is 5.91 Å². The molecule has 1 aromatic heterocycles. The first-order chi connectivity index (χ1) is 23.2. The first-order valence-corrected chi connectivity index (χ1v) is 18.4.